The van der Waals surface area contributed by atoms with E-state index in [1.165, 1.54) is 49.9 Å². The van der Waals surface area contributed by atoms with Gasteiger partial charge in [-0.2, -0.15) is 0 Å². The number of hydrogen-bond donors (Lipinski definition) is 2. The van der Waals surface area contributed by atoms with Crippen LogP contribution < -0.4 is 0 Å². The van der Waals surface area contributed by atoms with Crippen LogP contribution in [-0.4, -0.2) is 16.2 Å². The standard InChI is InChI=1S/C25H24O3S/c26-21-4-3-17(18-1-2-19-10-23(24(27)28)29-22(19)9-18)8-20(21)25-11-14-5-15(12-25)7-16(6-14)13-25/h1-4,8-10,14-16,26H,5-7,11-13H2,(H,27,28). The largest absolute Gasteiger partial charge is 0.508 e. The number of rotatable bonds is 3. The van der Waals surface area contributed by atoms with Gasteiger partial charge in [-0.3, -0.25) is 0 Å². The van der Waals surface area contributed by atoms with Gasteiger partial charge in [-0.05, 0) is 102 Å². The minimum Gasteiger partial charge on any atom is -0.508 e. The monoisotopic (exact) mass is 404 g/mol. The third-order valence-electron chi connectivity index (χ3n) is 7.67. The zero-order valence-electron chi connectivity index (χ0n) is 16.2. The lowest BCUT2D eigenvalue weighted by atomic mass is 9.48. The van der Waals surface area contributed by atoms with Crippen molar-refractivity contribution in [3.8, 4) is 16.9 Å². The van der Waals surface area contributed by atoms with Gasteiger partial charge in [0.2, 0.25) is 0 Å². The number of aromatic carboxylic acids is 1. The second kappa shape index (κ2) is 6.09. The van der Waals surface area contributed by atoms with Crippen LogP contribution >= 0.6 is 11.3 Å². The smallest absolute Gasteiger partial charge is 0.345 e. The molecule has 0 radical (unpaired) electrons. The van der Waals surface area contributed by atoms with E-state index in [4.69, 9.17) is 0 Å². The van der Waals surface area contributed by atoms with Crippen molar-refractivity contribution in [1.29, 1.82) is 0 Å². The van der Waals surface area contributed by atoms with E-state index in [1.807, 2.05) is 18.2 Å². The molecule has 0 spiro atoms. The van der Waals surface area contributed by atoms with E-state index in [-0.39, 0.29) is 5.41 Å². The molecule has 148 valence electrons. The molecular formula is C25H24O3S. The number of phenols is 1. The Bertz CT molecular complexity index is 1110. The van der Waals surface area contributed by atoms with Gasteiger partial charge in [0, 0.05) is 10.3 Å². The number of benzene rings is 2. The molecule has 0 aliphatic heterocycles. The summed E-state index contributed by atoms with van der Waals surface area (Å²) in [6.45, 7) is 0. The lowest BCUT2D eigenvalue weighted by Gasteiger charge is -2.57. The molecule has 7 rings (SSSR count). The molecule has 1 aromatic heterocycles. The van der Waals surface area contributed by atoms with Crippen molar-refractivity contribution in [3.63, 3.8) is 0 Å². The number of hydrogen-bond acceptors (Lipinski definition) is 3. The SMILES string of the molecule is O=C(O)c1cc2ccc(-c3ccc(O)c(C45CC6CC(CC(C6)C4)C5)c3)cc2s1. The van der Waals surface area contributed by atoms with Gasteiger partial charge in [0.1, 0.15) is 10.6 Å². The van der Waals surface area contributed by atoms with Crippen LogP contribution in [0.15, 0.2) is 42.5 Å². The van der Waals surface area contributed by atoms with Crippen LogP contribution in [0.1, 0.15) is 53.8 Å². The number of carbonyl (C=O) groups is 1. The van der Waals surface area contributed by atoms with Crippen molar-refractivity contribution in [1.82, 2.24) is 0 Å². The summed E-state index contributed by atoms with van der Waals surface area (Å²) in [6, 6.07) is 14.0. The second-order valence-electron chi connectivity index (χ2n) is 9.60. The lowest BCUT2D eigenvalue weighted by Crippen LogP contribution is -2.48. The minimum atomic E-state index is -0.874. The first-order valence-corrected chi connectivity index (χ1v) is 11.4. The van der Waals surface area contributed by atoms with E-state index in [2.05, 4.69) is 18.2 Å². The van der Waals surface area contributed by atoms with Crippen molar-refractivity contribution in [2.24, 2.45) is 17.8 Å². The molecule has 0 saturated heterocycles. The number of carboxylic acids is 1. The summed E-state index contributed by atoms with van der Waals surface area (Å²) >= 11 is 1.32. The van der Waals surface area contributed by atoms with Crippen molar-refractivity contribution in [3.05, 3.63) is 52.9 Å². The maximum absolute atomic E-state index is 11.3. The Labute approximate surface area is 174 Å². The van der Waals surface area contributed by atoms with Crippen molar-refractivity contribution in [2.75, 3.05) is 0 Å². The van der Waals surface area contributed by atoms with Gasteiger partial charge in [-0.15, -0.1) is 11.3 Å². The Morgan fingerprint density at radius 3 is 2.17 bits per heavy atom. The third kappa shape index (κ3) is 2.72. The summed E-state index contributed by atoms with van der Waals surface area (Å²) in [5.74, 6) is 2.08. The highest BCUT2D eigenvalue weighted by molar-refractivity contribution is 7.20. The fraction of sp³-hybridized carbons (Fsp3) is 0.400. The molecule has 4 saturated carbocycles. The van der Waals surface area contributed by atoms with Crippen molar-refractivity contribution < 1.29 is 15.0 Å². The quantitative estimate of drug-likeness (QED) is 0.528. The number of aromatic hydroxyl groups is 1. The molecule has 4 heteroatoms. The molecule has 4 bridgehead atoms. The molecule has 4 aliphatic carbocycles. The highest BCUT2D eigenvalue weighted by Gasteiger charge is 2.52. The summed E-state index contributed by atoms with van der Waals surface area (Å²) in [5.41, 5.74) is 3.49. The van der Waals surface area contributed by atoms with Gasteiger partial charge in [-0.25, -0.2) is 4.79 Å². The van der Waals surface area contributed by atoms with Crippen LogP contribution in [0, 0.1) is 17.8 Å². The van der Waals surface area contributed by atoms with E-state index in [1.54, 1.807) is 6.07 Å². The molecule has 3 aromatic rings. The second-order valence-corrected chi connectivity index (χ2v) is 10.7. The Balaban J connectivity index is 1.43. The fourth-order valence-corrected chi connectivity index (χ4v) is 7.84. The van der Waals surface area contributed by atoms with E-state index < -0.39 is 5.97 Å². The van der Waals surface area contributed by atoms with Gasteiger partial charge in [0.05, 0.1) is 0 Å². The van der Waals surface area contributed by atoms with Gasteiger partial charge in [0.15, 0.2) is 0 Å². The minimum absolute atomic E-state index is 0.151. The first kappa shape index (κ1) is 17.5. The normalized spacial score (nSPS) is 30.1. The molecule has 4 aliphatic rings. The molecular weight excluding hydrogens is 380 g/mol. The number of phenolic OH excluding ortho intramolecular Hbond substituents is 1. The molecule has 0 atom stereocenters. The summed E-state index contributed by atoms with van der Waals surface area (Å²) in [7, 11) is 0. The summed E-state index contributed by atoms with van der Waals surface area (Å²) in [6.07, 6.45) is 7.84. The summed E-state index contributed by atoms with van der Waals surface area (Å²) in [5, 5.41) is 21.1. The van der Waals surface area contributed by atoms with Crippen molar-refractivity contribution >= 4 is 27.4 Å². The number of fused-ring (bicyclic) bond motifs is 1. The van der Waals surface area contributed by atoms with Crippen molar-refractivity contribution in [2.45, 2.75) is 43.9 Å². The highest BCUT2D eigenvalue weighted by Crippen LogP contribution is 2.62. The Morgan fingerprint density at radius 1 is 0.897 bits per heavy atom. The van der Waals surface area contributed by atoms with Gasteiger partial charge in [0.25, 0.3) is 0 Å². The lowest BCUT2D eigenvalue weighted by molar-refractivity contribution is -0.00611. The topological polar surface area (TPSA) is 57.5 Å². The molecule has 2 aromatic carbocycles. The molecule has 29 heavy (non-hydrogen) atoms. The zero-order valence-corrected chi connectivity index (χ0v) is 17.0. The van der Waals surface area contributed by atoms with E-state index in [0.29, 0.717) is 10.6 Å². The molecule has 3 nitrogen and oxygen atoms in total. The first-order chi connectivity index (χ1) is 14.0. The molecule has 4 fully saturated rings. The fourth-order valence-electron chi connectivity index (χ4n) is 6.90. The maximum Gasteiger partial charge on any atom is 0.345 e. The van der Waals surface area contributed by atoms with Crippen LogP contribution in [-0.2, 0) is 5.41 Å². The Hall–Kier alpha value is -2.33. The summed E-state index contributed by atoms with van der Waals surface area (Å²) < 4.78 is 0.990. The molecule has 2 N–H and O–H groups in total. The average molecular weight is 405 g/mol. The first-order valence-electron chi connectivity index (χ1n) is 10.6. The third-order valence-corrected chi connectivity index (χ3v) is 8.76. The number of carboxylic acid groups (broad SMARTS) is 1. The van der Waals surface area contributed by atoms with Gasteiger partial charge < -0.3 is 10.2 Å². The maximum atomic E-state index is 11.3. The molecule has 0 amide bonds. The summed E-state index contributed by atoms with van der Waals surface area (Å²) in [4.78, 5) is 11.7. The average Bonchev–Trinajstić information content (AvgIpc) is 3.11. The van der Waals surface area contributed by atoms with Crippen LogP contribution in [0.5, 0.6) is 5.75 Å². The molecule has 0 unspecified atom stereocenters. The van der Waals surface area contributed by atoms with Gasteiger partial charge in [-0.1, -0.05) is 18.2 Å². The Kier molecular flexibility index (Phi) is 3.68. The molecule has 1 heterocycles. The van der Waals surface area contributed by atoms with Crippen LogP contribution in [0.2, 0.25) is 0 Å². The van der Waals surface area contributed by atoms with Crippen LogP contribution in [0.25, 0.3) is 21.2 Å². The number of thiophene rings is 1. The van der Waals surface area contributed by atoms with Crippen LogP contribution in [0.4, 0.5) is 0 Å². The predicted molar refractivity (Wildman–Crippen MR) is 116 cm³/mol. The Morgan fingerprint density at radius 2 is 1.52 bits per heavy atom. The predicted octanol–water partition coefficient (Wildman–Crippen LogP) is 6.44. The highest BCUT2D eigenvalue weighted by atomic mass is 32.1. The van der Waals surface area contributed by atoms with Gasteiger partial charge >= 0.3 is 5.97 Å². The van der Waals surface area contributed by atoms with E-state index in [9.17, 15) is 15.0 Å². The van der Waals surface area contributed by atoms with Crippen LogP contribution in [0.3, 0.4) is 0 Å². The van der Waals surface area contributed by atoms with E-state index in [0.717, 1.165) is 44.5 Å². The van der Waals surface area contributed by atoms with E-state index >= 15 is 0 Å². The zero-order chi connectivity index (χ0) is 19.8.